The topological polar surface area (TPSA) is 59.4 Å². The van der Waals surface area contributed by atoms with Crippen LogP contribution in [0, 0.1) is 5.82 Å². The van der Waals surface area contributed by atoms with Gasteiger partial charge in [-0.1, -0.05) is 17.6 Å². The van der Waals surface area contributed by atoms with Crippen molar-refractivity contribution in [2.75, 3.05) is 7.11 Å². The fourth-order valence-electron chi connectivity index (χ4n) is 2.78. The first kappa shape index (κ1) is 16.0. The van der Waals surface area contributed by atoms with Crippen molar-refractivity contribution < 1.29 is 19.0 Å². The number of aromatic nitrogens is 1. The molecule has 1 N–H and O–H groups in total. The number of benzene rings is 2. The fraction of sp³-hybridized carbons (Fsp3) is 0.111. The van der Waals surface area contributed by atoms with Crippen molar-refractivity contribution in [1.29, 1.82) is 0 Å². The third kappa shape index (κ3) is 2.95. The summed E-state index contributed by atoms with van der Waals surface area (Å²) in [5, 5.41) is 10.2. The van der Waals surface area contributed by atoms with Gasteiger partial charge in [0.2, 0.25) is 0 Å². The number of nitrogens with zero attached hydrogens (tertiary/aromatic N) is 1. The predicted octanol–water partition coefficient (Wildman–Crippen LogP) is 1.93. The van der Waals surface area contributed by atoms with Crippen LogP contribution in [0.15, 0.2) is 42.6 Å². The van der Waals surface area contributed by atoms with Crippen molar-refractivity contribution in [2.24, 2.45) is 0 Å². The molecule has 3 aromatic rings. The lowest BCUT2D eigenvalue weighted by molar-refractivity contribution is 0.0693. The Morgan fingerprint density at radius 1 is 1.25 bits per heavy atom. The van der Waals surface area contributed by atoms with Crippen LogP contribution < -0.4 is 10.2 Å². The molecule has 1 heterocycles. The molecule has 0 saturated carbocycles. The van der Waals surface area contributed by atoms with E-state index >= 15 is 0 Å². The summed E-state index contributed by atoms with van der Waals surface area (Å²) in [5.41, 5.74) is 3.38. The number of methoxy groups -OCH3 is 1. The zero-order valence-electron chi connectivity index (χ0n) is 13.3. The van der Waals surface area contributed by atoms with Crippen molar-refractivity contribution >= 4 is 30.2 Å². The Bertz CT molecular complexity index is 926. The van der Waals surface area contributed by atoms with E-state index in [1.807, 2.05) is 13.9 Å². The van der Waals surface area contributed by atoms with Gasteiger partial charge in [0, 0.05) is 6.20 Å². The lowest BCUT2D eigenvalue weighted by atomic mass is 9.88. The molecule has 0 aliphatic carbocycles. The molecule has 2 aromatic carbocycles. The molecule has 0 unspecified atom stereocenters. The Morgan fingerprint density at radius 3 is 2.58 bits per heavy atom. The maximum absolute atomic E-state index is 13.0. The molecule has 0 radical (unpaired) electrons. The van der Waals surface area contributed by atoms with Gasteiger partial charge in [-0.2, -0.15) is 0 Å². The van der Waals surface area contributed by atoms with E-state index in [2.05, 4.69) is 4.98 Å². The van der Waals surface area contributed by atoms with Gasteiger partial charge in [0.25, 0.3) is 0 Å². The normalized spacial score (nSPS) is 10.8. The number of fused-ring (bicyclic) bond motifs is 1. The highest BCUT2D eigenvalue weighted by Gasteiger charge is 2.17. The van der Waals surface area contributed by atoms with E-state index in [-0.39, 0.29) is 17.1 Å². The first-order valence-electron chi connectivity index (χ1n) is 7.43. The second kappa shape index (κ2) is 6.32. The van der Waals surface area contributed by atoms with Crippen molar-refractivity contribution in [2.45, 2.75) is 6.42 Å². The first-order chi connectivity index (χ1) is 11.5. The van der Waals surface area contributed by atoms with Gasteiger partial charge in [0.15, 0.2) is 5.75 Å². The predicted molar refractivity (Wildman–Crippen MR) is 92.6 cm³/mol. The Balaban J connectivity index is 2.08. The van der Waals surface area contributed by atoms with Crippen LogP contribution in [0.5, 0.6) is 5.75 Å². The smallest absolute Gasteiger partial charge is 0.339 e. The number of rotatable bonds is 4. The van der Waals surface area contributed by atoms with Crippen LogP contribution in [0.1, 0.15) is 21.5 Å². The molecular weight excluding hydrogens is 308 g/mol. The van der Waals surface area contributed by atoms with Crippen LogP contribution in [0.2, 0.25) is 0 Å². The Hall–Kier alpha value is -2.89. The summed E-state index contributed by atoms with van der Waals surface area (Å²) in [6, 6.07) is 9.89. The Morgan fingerprint density at radius 2 is 1.96 bits per heavy atom. The number of halogens is 1. The zero-order chi connectivity index (χ0) is 17.3. The van der Waals surface area contributed by atoms with Crippen molar-refractivity contribution in [3.05, 3.63) is 65.1 Å². The molecule has 0 saturated heterocycles. The molecule has 0 amide bonds. The number of hydrogen-bond acceptors (Lipinski definition) is 3. The summed E-state index contributed by atoms with van der Waals surface area (Å²) in [6.45, 7) is 0. The highest BCUT2D eigenvalue weighted by Crippen LogP contribution is 2.27. The van der Waals surface area contributed by atoms with Gasteiger partial charge < -0.3 is 9.84 Å². The van der Waals surface area contributed by atoms with E-state index in [1.54, 1.807) is 24.4 Å². The van der Waals surface area contributed by atoms with Crippen molar-refractivity contribution in [3.63, 3.8) is 0 Å². The van der Waals surface area contributed by atoms with Crippen LogP contribution in [-0.2, 0) is 6.42 Å². The molecule has 3 rings (SSSR count). The summed E-state index contributed by atoms with van der Waals surface area (Å²) < 4.78 is 18.3. The monoisotopic (exact) mass is 323 g/mol. The number of aromatic carboxylic acids is 1. The van der Waals surface area contributed by atoms with Crippen LogP contribution in [0.25, 0.3) is 10.9 Å². The lowest BCUT2D eigenvalue weighted by Crippen LogP contribution is -2.12. The Labute approximate surface area is 139 Å². The van der Waals surface area contributed by atoms with Crippen molar-refractivity contribution in [3.8, 4) is 5.75 Å². The van der Waals surface area contributed by atoms with Crippen molar-refractivity contribution in [1.82, 2.24) is 4.98 Å². The average molecular weight is 323 g/mol. The molecule has 1 aromatic heterocycles. The molecule has 6 heteroatoms. The fourth-order valence-corrected chi connectivity index (χ4v) is 2.78. The maximum Gasteiger partial charge on any atom is 0.339 e. The van der Waals surface area contributed by atoms with E-state index in [0.717, 1.165) is 22.0 Å². The molecule has 0 aliphatic heterocycles. The summed E-state index contributed by atoms with van der Waals surface area (Å²) in [7, 11) is 3.28. The third-order valence-electron chi connectivity index (χ3n) is 3.95. The molecule has 120 valence electrons. The molecule has 0 bridgehead atoms. The van der Waals surface area contributed by atoms with Crippen LogP contribution >= 0.6 is 0 Å². The molecular formula is C18H15BFNO3. The molecule has 0 atom stereocenters. The van der Waals surface area contributed by atoms with Crippen LogP contribution in [0.4, 0.5) is 4.39 Å². The summed E-state index contributed by atoms with van der Waals surface area (Å²) >= 11 is 0. The van der Waals surface area contributed by atoms with Gasteiger partial charge in [-0.25, -0.2) is 9.18 Å². The maximum atomic E-state index is 13.0. The number of carbonyl (C=O) groups is 1. The van der Waals surface area contributed by atoms with E-state index in [1.165, 1.54) is 19.2 Å². The largest absolute Gasteiger partial charge is 0.494 e. The molecule has 0 spiro atoms. The quantitative estimate of drug-likeness (QED) is 0.746. The van der Waals surface area contributed by atoms with E-state index in [4.69, 9.17) is 4.74 Å². The van der Waals surface area contributed by atoms with Gasteiger partial charge >= 0.3 is 5.97 Å². The second-order valence-corrected chi connectivity index (χ2v) is 5.62. The van der Waals surface area contributed by atoms with Gasteiger partial charge in [-0.05, 0) is 47.2 Å². The minimum atomic E-state index is -1.05. The van der Waals surface area contributed by atoms with Gasteiger partial charge in [0.05, 0.1) is 7.11 Å². The summed E-state index contributed by atoms with van der Waals surface area (Å²) in [6.07, 6.45) is 2.31. The number of carboxylic acids is 1. The zero-order valence-corrected chi connectivity index (χ0v) is 13.3. The van der Waals surface area contributed by atoms with Crippen LogP contribution in [-0.4, -0.2) is 31.0 Å². The molecule has 0 aliphatic rings. The Kier molecular flexibility index (Phi) is 4.21. The number of carboxylic acid groups (broad SMARTS) is 1. The summed E-state index contributed by atoms with van der Waals surface area (Å²) in [5.74, 6) is -1.05. The average Bonchev–Trinajstić information content (AvgIpc) is 2.57. The standard InChI is InChI=1S/C18H15BFNO3/c1-24-17-14(18(22)23)8-15(19)13-7-11(9-21-16(13)17)6-10-2-4-12(20)5-3-10/h2-5,7-9H,6,19H2,1H3,(H,22,23). The number of ether oxygens (including phenoxy) is 1. The number of hydrogen-bond donors (Lipinski definition) is 1. The minimum Gasteiger partial charge on any atom is -0.494 e. The van der Waals surface area contributed by atoms with Gasteiger partial charge in [0.1, 0.15) is 24.7 Å². The van der Waals surface area contributed by atoms with Gasteiger partial charge in [-0.3, -0.25) is 4.98 Å². The van der Waals surface area contributed by atoms with E-state index in [9.17, 15) is 14.3 Å². The summed E-state index contributed by atoms with van der Waals surface area (Å²) in [4.78, 5) is 15.8. The number of pyridine rings is 1. The van der Waals surface area contributed by atoms with Gasteiger partial charge in [-0.15, -0.1) is 0 Å². The molecule has 0 fully saturated rings. The second-order valence-electron chi connectivity index (χ2n) is 5.62. The highest BCUT2D eigenvalue weighted by atomic mass is 19.1. The first-order valence-corrected chi connectivity index (χ1v) is 7.43. The van der Waals surface area contributed by atoms with E-state index in [0.29, 0.717) is 11.9 Å². The third-order valence-corrected chi connectivity index (χ3v) is 3.95. The van der Waals surface area contributed by atoms with E-state index < -0.39 is 5.97 Å². The lowest BCUT2D eigenvalue weighted by Gasteiger charge is -2.12. The van der Waals surface area contributed by atoms with Crippen LogP contribution in [0.3, 0.4) is 0 Å². The highest BCUT2D eigenvalue weighted by molar-refractivity contribution is 6.39. The molecule has 24 heavy (non-hydrogen) atoms. The minimum absolute atomic E-state index is 0.0984. The SMILES string of the molecule is Bc1cc(C(=O)O)c(OC)c2ncc(Cc3ccc(F)cc3)cc12. The molecule has 4 nitrogen and oxygen atoms in total.